The predicted molar refractivity (Wildman–Crippen MR) is 89.3 cm³/mol. The molecule has 0 aliphatic carbocycles. The molecule has 0 spiro atoms. The van der Waals surface area contributed by atoms with Gasteiger partial charge in [0.2, 0.25) is 8.32 Å². The molecule has 1 aromatic carbocycles. The van der Waals surface area contributed by atoms with Crippen molar-refractivity contribution >= 4 is 14.0 Å². The molecule has 1 saturated heterocycles. The van der Waals surface area contributed by atoms with Gasteiger partial charge >= 0.3 is 0 Å². The summed E-state index contributed by atoms with van der Waals surface area (Å²) >= 11 is 0. The SMILES string of the molecule is CC(C)(C)[Si](C)(C)Oc1cccc(N2CCNCC2)c1. The van der Waals surface area contributed by atoms with Crippen molar-refractivity contribution in [1.82, 2.24) is 5.32 Å². The van der Waals surface area contributed by atoms with Gasteiger partial charge in [-0.25, -0.2) is 0 Å². The molecule has 0 radical (unpaired) electrons. The number of anilines is 1. The second kappa shape index (κ2) is 5.78. The van der Waals surface area contributed by atoms with Gasteiger partial charge in [0.05, 0.1) is 0 Å². The molecular weight excluding hydrogens is 264 g/mol. The van der Waals surface area contributed by atoms with Crippen LogP contribution in [0.25, 0.3) is 0 Å². The van der Waals surface area contributed by atoms with Crippen LogP contribution < -0.4 is 14.6 Å². The van der Waals surface area contributed by atoms with Crippen molar-refractivity contribution in [3.8, 4) is 5.75 Å². The van der Waals surface area contributed by atoms with E-state index < -0.39 is 8.32 Å². The van der Waals surface area contributed by atoms with E-state index in [-0.39, 0.29) is 5.04 Å². The molecule has 0 saturated carbocycles. The van der Waals surface area contributed by atoms with Crippen LogP contribution in [0, 0.1) is 0 Å². The van der Waals surface area contributed by atoms with E-state index >= 15 is 0 Å². The van der Waals surface area contributed by atoms with E-state index in [0.717, 1.165) is 31.9 Å². The Morgan fingerprint density at radius 2 is 1.80 bits per heavy atom. The highest BCUT2D eigenvalue weighted by molar-refractivity contribution is 6.74. The zero-order chi connectivity index (χ0) is 14.8. The molecule has 0 bridgehead atoms. The summed E-state index contributed by atoms with van der Waals surface area (Å²) in [5.41, 5.74) is 1.28. The zero-order valence-electron chi connectivity index (χ0n) is 13.5. The lowest BCUT2D eigenvalue weighted by Crippen LogP contribution is -2.44. The summed E-state index contributed by atoms with van der Waals surface area (Å²) in [6, 6.07) is 8.58. The van der Waals surface area contributed by atoms with Gasteiger partial charge in [0, 0.05) is 37.9 Å². The average molecular weight is 292 g/mol. The Morgan fingerprint density at radius 3 is 2.40 bits per heavy atom. The predicted octanol–water partition coefficient (Wildman–Crippen LogP) is 3.48. The van der Waals surface area contributed by atoms with Crippen LogP contribution >= 0.6 is 0 Å². The van der Waals surface area contributed by atoms with Crippen molar-refractivity contribution in [3.63, 3.8) is 0 Å². The Morgan fingerprint density at radius 1 is 1.15 bits per heavy atom. The van der Waals surface area contributed by atoms with Crippen LogP contribution in [0.4, 0.5) is 5.69 Å². The van der Waals surface area contributed by atoms with Crippen molar-refractivity contribution in [2.45, 2.75) is 38.9 Å². The second-order valence-electron chi connectivity index (χ2n) is 7.10. The van der Waals surface area contributed by atoms with Gasteiger partial charge in [0.25, 0.3) is 0 Å². The number of piperazine rings is 1. The van der Waals surface area contributed by atoms with Crippen LogP contribution in [0.15, 0.2) is 24.3 Å². The fourth-order valence-corrected chi connectivity index (χ4v) is 3.14. The topological polar surface area (TPSA) is 24.5 Å². The minimum absolute atomic E-state index is 0.234. The molecule has 1 aliphatic heterocycles. The van der Waals surface area contributed by atoms with Crippen LogP contribution in [0.3, 0.4) is 0 Å². The maximum atomic E-state index is 6.39. The molecule has 1 aliphatic rings. The van der Waals surface area contributed by atoms with E-state index in [0.29, 0.717) is 0 Å². The molecule has 1 heterocycles. The molecule has 2 rings (SSSR count). The molecule has 1 N–H and O–H groups in total. The zero-order valence-corrected chi connectivity index (χ0v) is 14.5. The summed E-state index contributed by atoms with van der Waals surface area (Å²) in [6.07, 6.45) is 0. The number of nitrogens with zero attached hydrogens (tertiary/aromatic N) is 1. The van der Waals surface area contributed by atoms with Gasteiger partial charge in [-0.15, -0.1) is 0 Å². The number of rotatable bonds is 3. The standard InChI is InChI=1S/C16H28N2OSi/c1-16(2,3)20(4,5)19-15-8-6-7-14(13-15)18-11-9-17-10-12-18/h6-8,13,17H,9-12H2,1-5H3. The average Bonchev–Trinajstić information content (AvgIpc) is 2.38. The van der Waals surface area contributed by atoms with Gasteiger partial charge in [-0.05, 0) is 30.3 Å². The Bertz CT molecular complexity index is 448. The van der Waals surface area contributed by atoms with Crippen LogP contribution in [-0.2, 0) is 0 Å². The summed E-state index contributed by atoms with van der Waals surface area (Å²) in [6.45, 7) is 15.7. The van der Waals surface area contributed by atoms with Gasteiger partial charge in [-0.2, -0.15) is 0 Å². The summed E-state index contributed by atoms with van der Waals surface area (Å²) in [7, 11) is -1.75. The highest BCUT2D eigenvalue weighted by Crippen LogP contribution is 2.37. The summed E-state index contributed by atoms with van der Waals surface area (Å²) in [5, 5.41) is 3.63. The molecule has 112 valence electrons. The molecule has 3 nitrogen and oxygen atoms in total. The van der Waals surface area contributed by atoms with E-state index in [9.17, 15) is 0 Å². The molecule has 20 heavy (non-hydrogen) atoms. The summed E-state index contributed by atoms with van der Waals surface area (Å²) < 4.78 is 6.39. The van der Waals surface area contributed by atoms with Crippen molar-refractivity contribution in [3.05, 3.63) is 24.3 Å². The third-order valence-corrected chi connectivity index (χ3v) is 8.84. The maximum absolute atomic E-state index is 6.39. The van der Waals surface area contributed by atoms with E-state index in [1.165, 1.54) is 5.69 Å². The lowest BCUT2D eigenvalue weighted by molar-refractivity contribution is 0.491. The highest BCUT2D eigenvalue weighted by atomic mass is 28.4. The number of nitrogens with one attached hydrogen (secondary N) is 1. The van der Waals surface area contributed by atoms with Crippen molar-refractivity contribution < 1.29 is 4.43 Å². The monoisotopic (exact) mass is 292 g/mol. The first kappa shape index (κ1) is 15.4. The normalized spacial score (nSPS) is 17.1. The fourth-order valence-electron chi connectivity index (χ4n) is 2.11. The van der Waals surface area contributed by atoms with Gasteiger partial charge in [0.1, 0.15) is 5.75 Å². The minimum atomic E-state index is -1.75. The molecule has 0 atom stereocenters. The highest BCUT2D eigenvalue weighted by Gasteiger charge is 2.39. The largest absolute Gasteiger partial charge is 0.543 e. The van der Waals surface area contributed by atoms with E-state index in [1.54, 1.807) is 0 Å². The summed E-state index contributed by atoms with van der Waals surface area (Å²) in [5.74, 6) is 1.02. The first-order valence-electron chi connectivity index (χ1n) is 7.54. The Kier molecular flexibility index (Phi) is 4.45. The fraction of sp³-hybridized carbons (Fsp3) is 0.625. The lowest BCUT2D eigenvalue weighted by atomic mass is 10.2. The first-order valence-corrected chi connectivity index (χ1v) is 10.5. The number of hydrogen-bond donors (Lipinski definition) is 1. The minimum Gasteiger partial charge on any atom is -0.543 e. The Labute approximate surface area is 124 Å². The van der Waals surface area contributed by atoms with Crippen LogP contribution in [0.2, 0.25) is 18.1 Å². The molecule has 1 aromatic rings. The van der Waals surface area contributed by atoms with Crippen molar-refractivity contribution in [2.75, 3.05) is 31.1 Å². The van der Waals surface area contributed by atoms with E-state index in [4.69, 9.17) is 4.43 Å². The van der Waals surface area contributed by atoms with Crippen LogP contribution in [0.1, 0.15) is 20.8 Å². The van der Waals surface area contributed by atoms with Crippen molar-refractivity contribution in [2.24, 2.45) is 0 Å². The second-order valence-corrected chi connectivity index (χ2v) is 11.8. The number of hydrogen-bond acceptors (Lipinski definition) is 3. The number of benzene rings is 1. The van der Waals surface area contributed by atoms with Gasteiger partial charge in [-0.1, -0.05) is 26.8 Å². The quantitative estimate of drug-likeness (QED) is 0.863. The van der Waals surface area contributed by atoms with Crippen molar-refractivity contribution in [1.29, 1.82) is 0 Å². The molecule has 0 aromatic heterocycles. The maximum Gasteiger partial charge on any atom is 0.250 e. The third kappa shape index (κ3) is 3.55. The smallest absolute Gasteiger partial charge is 0.250 e. The summed E-state index contributed by atoms with van der Waals surface area (Å²) in [4.78, 5) is 2.43. The van der Waals surface area contributed by atoms with Gasteiger partial charge < -0.3 is 14.6 Å². The van der Waals surface area contributed by atoms with Gasteiger partial charge in [0.15, 0.2) is 0 Å². The van der Waals surface area contributed by atoms with E-state index in [1.807, 2.05) is 0 Å². The molecular formula is C16H28N2OSi. The molecule has 1 fully saturated rings. The van der Waals surface area contributed by atoms with E-state index in [2.05, 4.69) is 68.3 Å². The third-order valence-electron chi connectivity index (χ3n) is 4.48. The molecule has 4 heteroatoms. The first-order chi connectivity index (χ1) is 9.29. The molecule has 0 amide bonds. The molecule has 0 unspecified atom stereocenters. The van der Waals surface area contributed by atoms with Crippen LogP contribution in [-0.4, -0.2) is 34.5 Å². The Hall–Kier alpha value is -1.00. The lowest BCUT2D eigenvalue weighted by Gasteiger charge is -2.37. The van der Waals surface area contributed by atoms with Crippen LogP contribution in [0.5, 0.6) is 5.75 Å². The van der Waals surface area contributed by atoms with Gasteiger partial charge in [-0.3, -0.25) is 0 Å². The Balaban J connectivity index is 2.13.